The molecule has 0 aliphatic heterocycles. The van der Waals surface area contributed by atoms with E-state index in [2.05, 4.69) is 6.92 Å². The summed E-state index contributed by atoms with van der Waals surface area (Å²) in [7, 11) is 1.22. The predicted octanol–water partition coefficient (Wildman–Crippen LogP) is 6.01. The van der Waals surface area contributed by atoms with Crippen LogP contribution in [-0.4, -0.2) is 42.4 Å². The second-order valence-corrected chi connectivity index (χ2v) is 10.0. The maximum Gasteiger partial charge on any atom is 0.359 e. The quantitative estimate of drug-likeness (QED) is 0.186. The summed E-state index contributed by atoms with van der Waals surface area (Å²) in [6, 6.07) is 1.65. The Kier molecular flexibility index (Phi) is 10.9. The lowest BCUT2D eigenvalue weighted by Gasteiger charge is -2.35. The van der Waals surface area contributed by atoms with Crippen LogP contribution in [0.25, 0.3) is 0 Å². The molecule has 1 heterocycles. The number of rotatable bonds is 11. The Morgan fingerprint density at radius 2 is 1.87 bits per heavy atom. The molecule has 0 spiro atoms. The van der Waals surface area contributed by atoms with E-state index in [9.17, 15) is 23.2 Å². The zero-order valence-electron chi connectivity index (χ0n) is 22.6. The molecule has 11 heteroatoms. The van der Waals surface area contributed by atoms with Crippen LogP contribution in [0.1, 0.15) is 91.7 Å². The van der Waals surface area contributed by atoms with Crippen molar-refractivity contribution in [1.29, 1.82) is 0 Å². The molecule has 0 amide bonds. The molecule has 0 unspecified atom stereocenters. The summed E-state index contributed by atoms with van der Waals surface area (Å²) < 4.78 is 51.5. The van der Waals surface area contributed by atoms with E-state index in [1.807, 2.05) is 0 Å². The fraction of sp³-hybridized carbons (Fsp3) is 0.536. The monoisotopic (exact) mass is 569 g/mol. The van der Waals surface area contributed by atoms with E-state index in [1.54, 1.807) is 13.8 Å². The van der Waals surface area contributed by atoms with Crippen molar-refractivity contribution in [3.05, 3.63) is 62.0 Å². The van der Waals surface area contributed by atoms with Gasteiger partial charge in [-0.25, -0.2) is 18.4 Å². The molecule has 2 atom stereocenters. The number of unbranched alkanes of at least 4 members (excludes halogenated alkanes) is 1. The molecule has 8 nitrogen and oxygen atoms in total. The van der Waals surface area contributed by atoms with E-state index >= 15 is 0 Å². The topological polar surface area (TPSA) is 93.1 Å². The molecule has 39 heavy (non-hydrogen) atoms. The maximum absolute atomic E-state index is 14.3. The highest BCUT2D eigenvalue weighted by Gasteiger charge is 2.35. The second-order valence-electron chi connectivity index (χ2n) is 9.64. The summed E-state index contributed by atoms with van der Waals surface area (Å²) >= 11 is 5.61. The summed E-state index contributed by atoms with van der Waals surface area (Å²) in [5.74, 6) is -4.25. The minimum atomic E-state index is -1.07. The lowest BCUT2D eigenvalue weighted by Crippen LogP contribution is -2.36. The Balaban J connectivity index is 2.06. The summed E-state index contributed by atoms with van der Waals surface area (Å²) in [4.78, 5) is 39.6. The van der Waals surface area contributed by atoms with Crippen molar-refractivity contribution in [2.45, 2.75) is 84.2 Å². The van der Waals surface area contributed by atoms with Gasteiger partial charge in [-0.1, -0.05) is 37.8 Å². The SMILES string of the molecule is CCCCO[C@H]1CCCC[C@@H]1n1cc(C(=O)OCc2ccc(F)c(Cl)c2F)c(=O)c(OC)c1C(=O)OC(C)C. The zero-order chi connectivity index (χ0) is 28.7. The lowest BCUT2D eigenvalue weighted by atomic mass is 9.91. The van der Waals surface area contributed by atoms with Gasteiger partial charge in [-0.15, -0.1) is 0 Å². The molecular weight excluding hydrogens is 536 g/mol. The van der Waals surface area contributed by atoms with Crippen LogP contribution in [0.5, 0.6) is 5.75 Å². The average molecular weight is 570 g/mol. The number of esters is 2. The third-order valence-corrected chi connectivity index (χ3v) is 6.83. The van der Waals surface area contributed by atoms with Gasteiger partial charge in [0, 0.05) is 18.4 Å². The number of carbonyl (C=O) groups is 2. The number of carbonyl (C=O) groups excluding carboxylic acids is 2. The largest absolute Gasteiger partial charge is 0.491 e. The van der Waals surface area contributed by atoms with Crippen LogP contribution in [0.15, 0.2) is 23.1 Å². The van der Waals surface area contributed by atoms with Gasteiger partial charge in [0.25, 0.3) is 0 Å². The van der Waals surface area contributed by atoms with Crippen molar-refractivity contribution in [2.75, 3.05) is 13.7 Å². The number of aromatic nitrogens is 1. The third kappa shape index (κ3) is 7.16. The van der Waals surface area contributed by atoms with Crippen LogP contribution in [0.3, 0.4) is 0 Å². The minimum absolute atomic E-state index is 0.125. The number of hydrogen-bond acceptors (Lipinski definition) is 7. The van der Waals surface area contributed by atoms with E-state index in [0.29, 0.717) is 13.0 Å². The summed E-state index contributed by atoms with van der Waals surface area (Å²) in [6.45, 7) is 5.34. The van der Waals surface area contributed by atoms with Gasteiger partial charge in [0.1, 0.15) is 23.0 Å². The first-order chi connectivity index (χ1) is 18.6. The van der Waals surface area contributed by atoms with Gasteiger partial charge in [-0.3, -0.25) is 4.79 Å². The standard InChI is InChI=1S/C28H34ClF2NO7/c1-5-6-13-37-21-10-8-7-9-20(21)32-14-18(25(33)26(36-4)24(32)28(35)39-16(2)3)27(34)38-15-17-11-12-19(30)22(29)23(17)31/h11-12,14,16,20-21H,5-10,13,15H2,1-4H3/t20-,21-/m0/s1. The van der Waals surface area contributed by atoms with Crippen LogP contribution in [-0.2, 0) is 20.8 Å². The van der Waals surface area contributed by atoms with Crippen molar-refractivity contribution in [2.24, 2.45) is 0 Å². The second kappa shape index (κ2) is 13.9. The Morgan fingerprint density at radius 1 is 1.15 bits per heavy atom. The zero-order valence-corrected chi connectivity index (χ0v) is 23.3. The van der Waals surface area contributed by atoms with Gasteiger partial charge in [-0.05, 0) is 45.2 Å². The van der Waals surface area contributed by atoms with Crippen LogP contribution >= 0.6 is 11.6 Å². The van der Waals surface area contributed by atoms with Crippen molar-refractivity contribution >= 4 is 23.5 Å². The summed E-state index contributed by atoms with van der Waals surface area (Å²) in [5, 5.41) is -0.730. The molecule has 1 aliphatic carbocycles. The molecular formula is C28H34ClF2NO7. The molecule has 1 aliphatic rings. The fourth-order valence-corrected chi connectivity index (χ4v) is 4.73. The molecule has 2 aromatic rings. The first kappa shape index (κ1) is 30.6. The molecule has 3 rings (SSSR count). The highest BCUT2D eigenvalue weighted by Crippen LogP contribution is 2.34. The maximum atomic E-state index is 14.3. The molecule has 0 radical (unpaired) electrons. The Bertz CT molecular complexity index is 1250. The molecule has 214 valence electrons. The lowest BCUT2D eigenvalue weighted by molar-refractivity contribution is -0.00939. The van der Waals surface area contributed by atoms with Crippen LogP contribution in [0, 0.1) is 11.6 Å². The number of methoxy groups -OCH3 is 1. The van der Waals surface area contributed by atoms with Crippen molar-refractivity contribution in [3.63, 3.8) is 0 Å². The van der Waals surface area contributed by atoms with E-state index in [1.165, 1.54) is 17.9 Å². The third-order valence-electron chi connectivity index (χ3n) is 6.48. The van der Waals surface area contributed by atoms with Crippen molar-refractivity contribution in [3.8, 4) is 5.75 Å². The fourth-order valence-electron chi connectivity index (χ4n) is 4.54. The van der Waals surface area contributed by atoms with Crippen molar-refractivity contribution in [1.82, 2.24) is 4.57 Å². The average Bonchev–Trinajstić information content (AvgIpc) is 2.91. The van der Waals surface area contributed by atoms with Crippen molar-refractivity contribution < 1.29 is 37.3 Å². The molecule has 0 bridgehead atoms. The molecule has 0 saturated heterocycles. The van der Waals surface area contributed by atoms with E-state index in [0.717, 1.165) is 44.2 Å². The smallest absolute Gasteiger partial charge is 0.359 e. The first-order valence-electron chi connectivity index (χ1n) is 13.1. The highest BCUT2D eigenvalue weighted by molar-refractivity contribution is 6.30. The Morgan fingerprint density at radius 3 is 2.54 bits per heavy atom. The van der Waals surface area contributed by atoms with E-state index < -0.39 is 52.3 Å². The Hall–Kier alpha value is -2.98. The van der Waals surface area contributed by atoms with E-state index in [-0.39, 0.29) is 29.2 Å². The number of hydrogen-bond donors (Lipinski definition) is 0. The Labute approximate surface area is 231 Å². The number of nitrogens with zero attached hydrogens (tertiary/aromatic N) is 1. The molecule has 1 aromatic heterocycles. The van der Waals surface area contributed by atoms with E-state index in [4.69, 9.17) is 30.5 Å². The van der Waals surface area contributed by atoms with Gasteiger partial charge in [0.15, 0.2) is 17.3 Å². The number of ether oxygens (including phenoxy) is 4. The predicted molar refractivity (Wildman–Crippen MR) is 140 cm³/mol. The highest BCUT2D eigenvalue weighted by atomic mass is 35.5. The van der Waals surface area contributed by atoms with Gasteiger partial charge in [-0.2, -0.15) is 0 Å². The van der Waals surface area contributed by atoms with Crippen LogP contribution in [0.4, 0.5) is 8.78 Å². The summed E-state index contributed by atoms with van der Waals surface area (Å²) in [6.07, 6.45) is 5.44. The number of benzene rings is 1. The molecule has 0 N–H and O–H groups in total. The number of halogens is 3. The minimum Gasteiger partial charge on any atom is -0.491 e. The van der Waals surface area contributed by atoms with Gasteiger partial charge >= 0.3 is 11.9 Å². The normalized spacial score (nSPS) is 17.2. The van der Waals surface area contributed by atoms with Crippen LogP contribution < -0.4 is 10.2 Å². The molecule has 1 saturated carbocycles. The van der Waals surface area contributed by atoms with Gasteiger partial charge in [0.2, 0.25) is 5.43 Å². The van der Waals surface area contributed by atoms with Gasteiger partial charge < -0.3 is 23.5 Å². The summed E-state index contributed by atoms with van der Waals surface area (Å²) in [5.41, 5.74) is -1.60. The molecule has 1 aromatic carbocycles. The number of pyridine rings is 1. The van der Waals surface area contributed by atoms with Gasteiger partial charge in [0.05, 0.1) is 25.4 Å². The van der Waals surface area contributed by atoms with Crippen LogP contribution in [0.2, 0.25) is 5.02 Å². The first-order valence-corrected chi connectivity index (χ1v) is 13.4. The molecule has 1 fully saturated rings.